The zero-order valence-electron chi connectivity index (χ0n) is 17.1. The topological polar surface area (TPSA) is 88.6 Å². The largest absolute Gasteiger partial charge is 0.373 e. The number of amides is 1. The second-order valence-electron chi connectivity index (χ2n) is 7.57. The molecular formula is C22H22ClN3O4S. The molecule has 2 aromatic carbocycles. The van der Waals surface area contributed by atoms with Gasteiger partial charge in [-0.1, -0.05) is 29.8 Å². The number of fused-ring (bicyclic) bond motifs is 1. The number of rotatable bonds is 4. The molecule has 2 unspecified atom stereocenters. The van der Waals surface area contributed by atoms with Gasteiger partial charge in [0.05, 0.1) is 22.7 Å². The monoisotopic (exact) mass is 459 g/mol. The van der Waals surface area contributed by atoms with Crippen LogP contribution in [0.5, 0.6) is 0 Å². The molecule has 1 fully saturated rings. The number of para-hydroxylation sites is 1. The predicted octanol–water partition coefficient (Wildman–Crippen LogP) is 3.94. The Morgan fingerprint density at radius 1 is 1.10 bits per heavy atom. The number of anilines is 1. The van der Waals surface area contributed by atoms with Gasteiger partial charge in [0.15, 0.2) is 0 Å². The molecule has 1 aliphatic heterocycles. The number of carbonyl (C=O) groups excluding carboxylic acids is 1. The minimum absolute atomic E-state index is 0.0622. The predicted molar refractivity (Wildman–Crippen MR) is 120 cm³/mol. The smallest absolute Gasteiger partial charge is 0.256 e. The molecule has 4 rings (SSSR count). The van der Waals surface area contributed by atoms with Crippen molar-refractivity contribution in [1.82, 2.24) is 9.29 Å². The van der Waals surface area contributed by atoms with E-state index in [1.54, 1.807) is 6.07 Å². The quantitative estimate of drug-likeness (QED) is 0.638. The summed E-state index contributed by atoms with van der Waals surface area (Å²) < 4.78 is 33.4. The van der Waals surface area contributed by atoms with Crippen LogP contribution in [0, 0.1) is 0 Å². The highest BCUT2D eigenvalue weighted by atomic mass is 35.5. The van der Waals surface area contributed by atoms with E-state index in [0.717, 1.165) is 10.9 Å². The maximum atomic E-state index is 13.2. The Labute approximate surface area is 186 Å². The minimum Gasteiger partial charge on any atom is -0.373 e. The summed E-state index contributed by atoms with van der Waals surface area (Å²) in [6, 6.07) is 15.3. The summed E-state index contributed by atoms with van der Waals surface area (Å²) in [5, 5.41) is 3.74. The van der Waals surface area contributed by atoms with Crippen LogP contribution in [-0.2, 0) is 14.8 Å². The van der Waals surface area contributed by atoms with Crippen LogP contribution >= 0.6 is 11.6 Å². The zero-order valence-corrected chi connectivity index (χ0v) is 18.7. The fourth-order valence-electron chi connectivity index (χ4n) is 3.63. The van der Waals surface area contributed by atoms with E-state index in [4.69, 9.17) is 16.3 Å². The van der Waals surface area contributed by atoms with Crippen molar-refractivity contribution in [3.8, 4) is 0 Å². The fourth-order valence-corrected chi connectivity index (χ4v) is 5.72. The van der Waals surface area contributed by atoms with Crippen molar-refractivity contribution in [3.05, 3.63) is 65.2 Å². The number of hydrogen-bond acceptors (Lipinski definition) is 5. The van der Waals surface area contributed by atoms with E-state index in [-0.39, 0.29) is 40.8 Å². The maximum absolute atomic E-state index is 13.2. The number of carbonyl (C=O) groups is 1. The third-order valence-corrected chi connectivity index (χ3v) is 7.35. The molecule has 1 aromatic heterocycles. The third kappa shape index (κ3) is 4.57. The highest BCUT2D eigenvalue weighted by Gasteiger charge is 2.33. The molecule has 3 aromatic rings. The summed E-state index contributed by atoms with van der Waals surface area (Å²) in [4.78, 5) is 17.1. The van der Waals surface area contributed by atoms with Crippen LogP contribution in [0.2, 0.25) is 5.02 Å². The second kappa shape index (κ2) is 8.55. The van der Waals surface area contributed by atoms with Crippen molar-refractivity contribution in [2.75, 3.05) is 18.4 Å². The van der Waals surface area contributed by atoms with Crippen molar-refractivity contribution >= 4 is 44.3 Å². The Hall–Kier alpha value is -2.52. The molecule has 1 amide bonds. The van der Waals surface area contributed by atoms with Crippen LogP contribution < -0.4 is 5.32 Å². The Kier molecular flexibility index (Phi) is 5.98. The summed E-state index contributed by atoms with van der Waals surface area (Å²) in [7, 11) is -3.89. The lowest BCUT2D eigenvalue weighted by atomic mass is 10.2. The van der Waals surface area contributed by atoms with Gasteiger partial charge in [-0.3, -0.25) is 4.79 Å². The van der Waals surface area contributed by atoms with Crippen molar-refractivity contribution in [2.45, 2.75) is 31.0 Å². The van der Waals surface area contributed by atoms with E-state index < -0.39 is 15.9 Å². The summed E-state index contributed by atoms with van der Waals surface area (Å²) in [6.45, 7) is 4.08. The van der Waals surface area contributed by atoms with Crippen molar-refractivity contribution in [3.63, 3.8) is 0 Å². The standard InChI is InChI=1S/C22H22ClN3O4S/c1-14-12-26(13-15(2)30-14)31(28,29)20-11-17(7-9-18(20)23)22(27)25-21-10-8-16-5-3-4-6-19(16)24-21/h3-11,14-15H,12-13H2,1-2H3,(H,24,25,27). The van der Waals surface area contributed by atoms with Gasteiger partial charge in [-0.05, 0) is 50.2 Å². The van der Waals surface area contributed by atoms with E-state index in [9.17, 15) is 13.2 Å². The molecule has 1 saturated heterocycles. The lowest BCUT2D eigenvalue weighted by molar-refractivity contribution is -0.0440. The Morgan fingerprint density at radius 3 is 2.55 bits per heavy atom. The lowest BCUT2D eigenvalue weighted by Gasteiger charge is -2.34. The summed E-state index contributed by atoms with van der Waals surface area (Å²) >= 11 is 6.22. The molecule has 9 heteroatoms. The molecule has 1 N–H and O–H groups in total. The van der Waals surface area contributed by atoms with Gasteiger partial charge in [0.1, 0.15) is 10.7 Å². The SMILES string of the molecule is CC1CN(S(=O)(=O)c2cc(C(=O)Nc3ccc4ccccc4n3)ccc2Cl)CC(C)O1. The number of nitrogens with one attached hydrogen (secondary N) is 1. The fraction of sp³-hybridized carbons (Fsp3) is 0.273. The molecule has 2 heterocycles. The third-order valence-electron chi connectivity index (χ3n) is 5.04. The lowest BCUT2D eigenvalue weighted by Crippen LogP contribution is -2.48. The van der Waals surface area contributed by atoms with Crippen LogP contribution in [0.3, 0.4) is 0 Å². The summed E-state index contributed by atoms with van der Waals surface area (Å²) in [5.41, 5.74) is 0.919. The van der Waals surface area contributed by atoms with Gasteiger partial charge in [0.25, 0.3) is 5.91 Å². The van der Waals surface area contributed by atoms with E-state index >= 15 is 0 Å². The molecule has 1 aliphatic rings. The van der Waals surface area contributed by atoms with Gasteiger partial charge < -0.3 is 10.1 Å². The molecule has 0 radical (unpaired) electrons. The molecule has 0 saturated carbocycles. The average Bonchev–Trinajstić information content (AvgIpc) is 2.73. The zero-order chi connectivity index (χ0) is 22.2. The second-order valence-corrected chi connectivity index (χ2v) is 9.88. The van der Waals surface area contributed by atoms with Crippen molar-refractivity contribution in [1.29, 1.82) is 0 Å². The molecule has 0 aliphatic carbocycles. The number of sulfonamides is 1. The van der Waals surface area contributed by atoms with Gasteiger partial charge in [-0.15, -0.1) is 0 Å². The number of halogens is 1. The van der Waals surface area contributed by atoms with Crippen molar-refractivity contribution in [2.24, 2.45) is 0 Å². The number of pyridine rings is 1. The number of aromatic nitrogens is 1. The van der Waals surface area contributed by atoms with Gasteiger partial charge in [-0.2, -0.15) is 4.31 Å². The summed E-state index contributed by atoms with van der Waals surface area (Å²) in [5.74, 6) is -0.0986. The highest BCUT2D eigenvalue weighted by Crippen LogP contribution is 2.28. The molecule has 0 spiro atoms. The Morgan fingerprint density at radius 2 is 1.81 bits per heavy atom. The average molecular weight is 460 g/mol. The van der Waals surface area contributed by atoms with Crippen LogP contribution in [0.25, 0.3) is 10.9 Å². The highest BCUT2D eigenvalue weighted by molar-refractivity contribution is 7.89. The number of ether oxygens (including phenoxy) is 1. The molecule has 7 nitrogen and oxygen atoms in total. The van der Waals surface area contributed by atoms with E-state index in [2.05, 4.69) is 10.3 Å². The molecular weight excluding hydrogens is 438 g/mol. The van der Waals surface area contributed by atoms with Crippen LogP contribution in [0.4, 0.5) is 5.82 Å². The first-order chi connectivity index (χ1) is 14.7. The molecule has 2 atom stereocenters. The molecule has 162 valence electrons. The van der Waals surface area contributed by atoms with Gasteiger partial charge in [0, 0.05) is 24.0 Å². The van der Waals surface area contributed by atoms with E-state index in [1.807, 2.05) is 44.2 Å². The van der Waals surface area contributed by atoms with E-state index in [0.29, 0.717) is 5.82 Å². The van der Waals surface area contributed by atoms with Crippen LogP contribution in [0.1, 0.15) is 24.2 Å². The number of morpholine rings is 1. The first-order valence-corrected chi connectivity index (χ1v) is 11.7. The first-order valence-electron chi connectivity index (χ1n) is 9.86. The van der Waals surface area contributed by atoms with Crippen LogP contribution in [-0.4, -0.2) is 48.9 Å². The number of nitrogens with zero attached hydrogens (tertiary/aromatic N) is 2. The number of benzene rings is 2. The van der Waals surface area contributed by atoms with Gasteiger partial charge in [0.2, 0.25) is 10.0 Å². The minimum atomic E-state index is -3.89. The Balaban J connectivity index is 1.61. The maximum Gasteiger partial charge on any atom is 0.256 e. The summed E-state index contributed by atoms with van der Waals surface area (Å²) in [6.07, 6.45) is -0.467. The first kappa shape index (κ1) is 21.7. The van der Waals surface area contributed by atoms with Gasteiger partial charge in [-0.25, -0.2) is 13.4 Å². The molecule has 0 bridgehead atoms. The number of hydrogen-bond donors (Lipinski definition) is 1. The Bertz CT molecular complexity index is 1240. The van der Waals surface area contributed by atoms with E-state index in [1.165, 1.54) is 22.5 Å². The normalized spacial score (nSPS) is 20.0. The van der Waals surface area contributed by atoms with Gasteiger partial charge >= 0.3 is 0 Å². The van der Waals surface area contributed by atoms with Crippen molar-refractivity contribution < 1.29 is 17.9 Å². The van der Waals surface area contributed by atoms with Crippen LogP contribution in [0.15, 0.2) is 59.5 Å². The molecule has 31 heavy (non-hydrogen) atoms.